The van der Waals surface area contributed by atoms with Crippen LogP contribution >= 0.6 is 0 Å². The van der Waals surface area contributed by atoms with Crippen LogP contribution in [-0.4, -0.2) is 89.1 Å². The second-order valence-corrected chi connectivity index (χ2v) is 8.58. The van der Waals surface area contributed by atoms with Gasteiger partial charge in [-0.05, 0) is 35.4 Å². The molecule has 2 aliphatic heterocycles. The molecule has 0 spiro atoms. The first-order chi connectivity index (χ1) is 16.7. The van der Waals surface area contributed by atoms with E-state index in [-0.39, 0.29) is 11.9 Å². The number of rotatable bonds is 9. The van der Waals surface area contributed by atoms with Crippen molar-refractivity contribution in [3.63, 3.8) is 0 Å². The maximum atomic E-state index is 13.1. The number of methoxy groups -OCH3 is 2. The molecule has 34 heavy (non-hydrogen) atoms. The van der Waals surface area contributed by atoms with Gasteiger partial charge in [-0.1, -0.05) is 18.2 Å². The van der Waals surface area contributed by atoms with Crippen molar-refractivity contribution in [3.05, 3.63) is 59.2 Å². The zero-order valence-corrected chi connectivity index (χ0v) is 20.1. The minimum Gasteiger partial charge on any atom is -0.493 e. The highest BCUT2D eigenvalue weighted by molar-refractivity contribution is 5.94. The molecule has 2 aliphatic rings. The van der Waals surface area contributed by atoms with Gasteiger partial charge in [-0.15, -0.1) is 0 Å². The maximum absolute atomic E-state index is 13.1. The van der Waals surface area contributed by atoms with E-state index in [1.54, 1.807) is 14.2 Å². The van der Waals surface area contributed by atoms with E-state index in [1.807, 2.05) is 36.4 Å². The van der Waals surface area contributed by atoms with Crippen molar-refractivity contribution in [2.75, 3.05) is 73.4 Å². The summed E-state index contributed by atoms with van der Waals surface area (Å²) in [4.78, 5) is 17.8. The van der Waals surface area contributed by atoms with E-state index in [4.69, 9.17) is 18.9 Å². The molecule has 0 radical (unpaired) electrons. The van der Waals surface area contributed by atoms with E-state index in [1.165, 1.54) is 0 Å². The van der Waals surface area contributed by atoms with Gasteiger partial charge in [-0.2, -0.15) is 0 Å². The van der Waals surface area contributed by atoms with Crippen LogP contribution in [0.2, 0.25) is 0 Å². The third kappa shape index (κ3) is 6.27. The lowest BCUT2D eigenvalue weighted by Gasteiger charge is -2.35. The predicted molar refractivity (Wildman–Crippen MR) is 130 cm³/mol. The monoisotopic (exact) mass is 469 g/mol. The van der Waals surface area contributed by atoms with Gasteiger partial charge in [-0.3, -0.25) is 14.6 Å². The lowest BCUT2D eigenvalue weighted by Crippen LogP contribution is -2.43. The van der Waals surface area contributed by atoms with Crippen molar-refractivity contribution in [3.8, 4) is 11.5 Å². The molecule has 1 atom stereocenters. The standard InChI is InChI=1S/C26H35N3O5/c1-31-24-7-6-21(17-25(24)32-2)23(29-10-14-34-15-11-29)18-27-26(30)22-5-3-4-20(16-22)19-28-8-12-33-13-9-28/h3-7,16-17,23H,8-15,18-19H2,1-2H3,(H,27,30). The molecule has 2 fully saturated rings. The van der Waals surface area contributed by atoms with Gasteiger partial charge in [0.05, 0.1) is 46.7 Å². The highest BCUT2D eigenvalue weighted by Gasteiger charge is 2.25. The fraction of sp³-hybridized carbons (Fsp3) is 0.500. The lowest BCUT2D eigenvalue weighted by atomic mass is 10.0. The molecular formula is C26H35N3O5. The molecule has 0 bridgehead atoms. The molecule has 0 aliphatic carbocycles. The van der Waals surface area contributed by atoms with Crippen LogP contribution < -0.4 is 14.8 Å². The third-order valence-electron chi connectivity index (χ3n) is 6.43. The van der Waals surface area contributed by atoms with Crippen molar-refractivity contribution in [1.29, 1.82) is 0 Å². The number of morpholine rings is 2. The second-order valence-electron chi connectivity index (χ2n) is 8.58. The van der Waals surface area contributed by atoms with E-state index in [0.717, 1.165) is 57.1 Å². The Labute approximate surface area is 201 Å². The summed E-state index contributed by atoms with van der Waals surface area (Å²) in [6, 6.07) is 13.8. The summed E-state index contributed by atoms with van der Waals surface area (Å²) in [5.74, 6) is 1.30. The summed E-state index contributed by atoms with van der Waals surface area (Å²) in [6.45, 7) is 7.66. The number of nitrogens with one attached hydrogen (secondary N) is 1. The summed E-state index contributed by atoms with van der Waals surface area (Å²) < 4.78 is 21.9. The van der Waals surface area contributed by atoms with Crippen LogP contribution in [0.15, 0.2) is 42.5 Å². The Balaban J connectivity index is 1.46. The van der Waals surface area contributed by atoms with Gasteiger partial charge in [0.1, 0.15) is 0 Å². The first-order valence-corrected chi connectivity index (χ1v) is 11.9. The second kappa shape index (κ2) is 12.2. The van der Waals surface area contributed by atoms with Crippen molar-refractivity contribution < 1.29 is 23.7 Å². The van der Waals surface area contributed by atoms with Crippen molar-refractivity contribution in [1.82, 2.24) is 15.1 Å². The van der Waals surface area contributed by atoms with E-state index in [2.05, 4.69) is 21.2 Å². The Morgan fingerprint density at radius 1 is 0.941 bits per heavy atom. The Morgan fingerprint density at radius 2 is 1.65 bits per heavy atom. The normalized spacial score (nSPS) is 18.3. The highest BCUT2D eigenvalue weighted by atomic mass is 16.5. The fourth-order valence-corrected chi connectivity index (χ4v) is 4.53. The molecule has 8 nitrogen and oxygen atoms in total. The van der Waals surface area contributed by atoms with Gasteiger partial charge in [0.15, 0.2) is 11.5 Å². The van der Waals surface area contributed by atoms with Gasteiger partial charge >= 0.3 is 0 Å². The average Bonchev–Trinajstić information content (AvgIpc) is 2.90. The number of ether oxygens (including phenoxy) is 4. The molecule has 8 heteroatoms. The molecule has 2 aromatic carbocycles. The number of hydrogen-bond donors (Lipinski definition) is 1. The zero-order valence-electron chi connectivity index (χ0n) is 20.1. The fourth-order valence-electron chi connectivity index (χ4n) is 4.53. The van der Waals surface area contributed by atoms with E-state index < -0.39 is 0 Å². The van der Waals surface area contributed by atoms with Crippen LogP contribution in [-0.2, 0) is 16.0 Å². The number of carbonyl (C=O) groups excluding carboxylic acids is 1. The first kappa shape index (κ1) is 24.5. The lowest BCUT2D eigenvalue weighted by molar-refractivity contribution is 0.0162. The van der Waals surface area contributed by atoms with Crippen LogP contribution in [0.3, 0.4) is 0 Å². The van der Waals surface area contributed by atoms with Crippen LogP contribution in [0.25, 0.3) is 0 Å². The van der Waals surface area contributed by atoms with Crippen molar-refractivity contribution >= 4 is 5.91 Å². The Morgan fingerprint density at radius 3 is 2.35 bits per heavy atom. The Hall–Kier alpha value is -2.65. The summed E-state index contributed by atoms with van der Waals surface area (Å²) in [5, 5.41) is 3.16. The largest absolute Gasteiger partial charge is 0.493 e. The summed E-state index contributed by atoms with van der Waals surface area (Å²) in [5.41, 5.74) is 2.89. The average molecular weight is 470 g/mol. The zero-order chi connectivity index (χ0) is 23.8. The van der Waals surface area contributed by atoms with Gasteiger partial charge in [0.25, 0.3) is 5.91 Å². The Kier molecular flexibility index (Phi) is 8.76. The molecule has 1 unspecified atom stereocenters. The molecule has 1 amide bonds. The minimum atomic E-state index is -0.0671. The van der Waals surface area contributed by atoms with Gasteiger partial charge in [-0.25, -0.2) is 0 Å². The van der Waals surface area contributed by atoms with Crippen molar-refractivity contribution in [2.24, 2.45) is 0 Å². The SMILES string of the molecule is COc1ccc(C(CNC(=O)c2cccc(CN3CCOCC3)c2)N2CCOCC2)cc1OC. The molecule has 184 valence electrons. The topological polar surface area (TPSA) is 72.5 Å². The molecule has 2 aromatic rings. The maximum Gasteiger partial charge on any atom is 0.251 e. The highest BCUT2D eigenvalue weighted by Crippen LogP contribution is 2.32. The summed E-state index contributed by atoms with van der Waals surface area (Å²) in [6.07, 6.45) is 0. The number of carbonyl (C=O) groups is 1. The van der Waals surface area contributed by atoms with E-state index >= 15 is 0 Å². The number of benzene rings is 2. The smallest absolute Gasteiger partial charge is 0.251 e. The number of amides is 1. The van der Waals surface area contributed by atoms with Gasteiger partial charge in [0.2, 0.25) is 0 Å². The van der Waals surface area contributed by atoms with Gasteiger partial charge < -0.3 is 24.3 Å². The Bertz CT molecular complexity index is 942. The van der Waals surface area contributed by atoms with Crippen LogP contribution in [0.4, 0.5) is 0 Å². The predicted octanol–water partition coefficient (Wildman–Crippen LogP) is 2.34. The van der Waals surface area contributed by atoms with Crippen molar-refractivity contribution in [2.45, 2.75) is 12.6 Å². The quantitative estimate of drug-likeness (QED) is 0.604. The molecule has 0 aromatic heterocycles. The number of nitrogens with zero attached hydrogens (tertiary/aromatic N) is 2. The van der Waals surface area contributed by atoms with E-state index in [0.29, 0.717) is 36.8 Å². The minimum absolute atomic E-state index is 0.00388. The molecule has 4 rings (SSSR count). The molecule has 2 heterocycles. The van der Waals surface area contributed by atoms with Crippen LogP contribution in [0, 0.1) is 0 Å². The van der Waals surface area contributed by atoms with Crippen LogP contribution in [0.5, 0.6) is 11.5 Å². The van der Waals surface area contributed by atoms with E-state index in [9.17, 15) is 4.79 Å². The molecular weight excluding hydrogens is 434 g/mol. The molecule has 2 saturated heterocycles. The van der Waals surface area contributed by atoms with Crippen LogP contribution in [0.1, 0.15) is 27.5 Å². The number of hydrogen-bond acceptors (Lipinski definition) is 7. The molecule has 0 saturated carbocycles. The summed E-state index contributed by atoms with van der Waals surface area (Å²) >= 11 is 0. The van der Waals surface area contributed by atoms with Gasteiger partial charge in [0, 0.05) is 44.8 Å². The first-order valence-electron chi connectivity index (χ1n) is 11.9. The molecule has 1 N–H and O–H groups in total. The summed E-state index contributed by atoms with van der Waals surface area (Å²) in [7, 11) is 3.27. The third-order valence-corrected chi connectivity index (χ3v) is 6.43.